The highest BCUT2D eigenvalue weighted by atomic mass is 19.3. The minimum Gasteiger partial charge on any atom is -0.389 e. The third-order valence-corrected chi connectivity index (χ3v) is 4.99. The molecule has 3 atom stereocenters. The van der Waals surface area contributed by atoms with E-state index in [0.29, 0.717) is 30.2 Å². The van der Waals surface area contributed by atoms with Gasteiger partial charge in [-0.3, -0.25) is 4.98 Å². The fourth-order valence-electron chi connectivity index (χ4n) is 3.19. The summed E-state index contributed by atoms with van der Waals surface area (Å²) in [7, 11) is 0. The van der Waals surface area contributed by atoms with Gasteiger partial charge in [-0.15, -0.1) is 5.10 Å². The lowest BCUT2D eigenvalue weighted by Crippen LogP contribution is -2.42. The molecular formula is C19H21F2N5O2. The lowest BCUT2D eigenvalue weighted by Gasteiger charge is -2.28. The molecule has 9 heteroatoms. The zero-order chi connectivity index (χ0) is 19.7. The van der Waals surface area contributed by atoms with Crippen molar-refractivity contribution in [1.82, 2.24) is 19.6 Å². The van der Waals surface area contributed by atoms with E-state index in [1.165, 1.54) is 13.1 Å². The second-order valence-corrected chi connectivity index (χ2v) is 6.92. The van der Waals surface area contributed by atoms with E-state index >= 15 is 0 Å². The summed E-state index contributed by atoms with van der Waals surface area (Å²) < 4.78 is 32.7. The number of rotatable bonds is 5. The predicted octanol–water partition coefficient (Wildman–Crippen LogP) is 2.72. The smallest absolute Gasteiger partial charge is 0.245 e. The standard InChI is InChI=1S/C19H21F2N5O2/c1-11(18(20)21)12-2-4-14(22-8-12)16-5-3-13-9-23-19(25-26(13)16)24-15-6-7-28-10-17(15)27/h2-5,8-9,11,15,17-18,27H,6-7,10H2,1H3,(H,24,25)/t11?,15-,17-/m1/s1. The maximum atomic E-state index is 12.9. The SMILES string of the molecule is CC(c1ccc(-c2ccc3cnc(N[C@@H]4CCOC[C@H]4O)nn23)nc1)C(F)F. The summed E-state index contributed by atoms with van der Waals surface area (Å²) in [6.45, 7) is 2.32. The van der Waals surface area contributed by atoms with Crippen molar-refractivity contribution in [2.24, 2.45) is 0 Å². The Morgan fingerprint density at radius 3 is 2.79 bits per heavy atom. The van der Waals surface area contributed by atoms with Crippen LogP contribution in [0.25, 0.3) is 16.9 Å². The van der Waals surface area contributed by atoms with Crippen molar-refractivity contribution < 1.29 is 18.6 Å². The molecule has 1 aliphatic heterocycles. The largest absolute Gasteiger partial charge is 0.389 e. The van der Waals surface area contributed by atoms with Crippen molar-refractivity contribution in [2.75, 3.05) is 18.5 Å². The van der Waals surface area contributed by atoms with Crippen LogP contribution in [0.4, 0.5) is 14.7 Å². The Balaban J connectivity index is 1.61. The number of halogens is 2. The van der Waals surface area contributed by atoms with Crippen LogP contribution in [0.3, 0.4) is 0 Å². The number of pyridine rings is 1. The molecule has 0 spiro atoms. The van der Waals surface area contributed by atoms with Crippen LogP contribution in [0.5, 0.6) is 0 Å². The molecule has 0 bridgehead atoms. The number of fused-ring (bicyclic) bond motifs is 1. The molecule has 1 aliphatic rings. The summed E-state index contributed by atoms with van der Waals surface area (Å²) in [5.41, 5.74) is 2.62. The van der Waals surface area contributed by atoms with Crippen molar-refractivity contribution in [1.29, 1.82) is 0 Å². The van der Waals surface area contributed by atoms with Crippen LogP contribution in [0.1, 0.15) is 24.8 Å². The summed E-state index contributed by atoms with van der Waals surface area (Å²) in [6.07, 6.45) is 0.765. The number of aromatic nitrogens is 4. The lowest BCUT2D eigenvalue weighted by molar-refractivity contribution is -0.0136. The van der Waals surface area contributed by atoms with Crippen LogP contribution in [0.2, 0.25) is 0 Å². The van der Waals surface area contributed by atoms with Crippen LogP contribution in [-0.4, -0.2) is 56.5 Å². The third-order valence-electron chi connectivity index (χ3n) is 4.99. The normalized spacial score (nSPS) is 21.2. The molecule has 2 N–H and O–H groups in total. The number of aliphatic hydroxyl groups excluding tert-OH is 1. The molecule has 1 unspecified atom stereocenters. The minimum atomic E-state index is -2.43. The summed E-state index contributed by atoms with van der Waals surface area (Å²) in [6, 6.07) is 6.92. The highest BCUT2D eigenvalue weighted by Crippen LogP contribution is 2.25. The first-order valence-corrected chi connectivity index (χ1v) is 9.14. The van der Waals surface area contributed by atoms with E-state index in [9.17, 15) is 13.9 Å². The molecule has 0 saturated carbocycles. The Morgan fingerprint density at radius 2 is 2.07 bits per heavy atom. The van der Waals surface area contributed by atoms with Crippen LogP contribution < -0.4 is 5.32 Å². The highest BCUT2D eigenvalue weighted by Gasteiger charge is 2.24. The second kappa shape index (κ2) is 7.76. The van der Waals surface area contributed by atoms with E-state index in [2.05, 4.69) is 20.4 Å². The number of aliphatic hydroxyl groups is 1. The Morgan fingerprint density at radius 1 is 1.21 bits per heavy atom. The van der Waals surface area contributed by atoms with Crippen LogP contribution in [-0.2, 0) is 4.74 Å². The topological polar surface area (TPSA) is 84.6 Å². The Kier molecular flexibility index (Phi) is 5.19. The second-order valence-electron chi connectivity index (χ2n) is 6.92. The average Bonchev–Trinajstić information content (AvgIpc) is 3.12. The molecule has 1 saturated heterocycles. The lowest BCUT2D eigenvalue weighted by atomic mass is 10.0. The maximum Gasteiger partial charge on any atom is 0.245 e. The molecule has 0 aromatic carbocycles. The van der Waals surface area contributed by atoms with Gasteiger partial charge in [0.05, 0.1) is 41.9 Å². The molecule has 0 aliphatic carbocycles. The molecule has 3 aromatic heterocycles. The number of hydrogen-bond donors (Lipinski definition) is 2. The first kappa shape index (κ1) is 18.7. The Bertz CT molecular complexity index is 947. The van der Waals surface area contributed by atoms with E-state index in [0.717, 1.165) is 11.2 Å². The summed E-state index contributed by atoms with van der Waals surface area (Å²) >= 11 is 0. The van der Waals surface area contributed by atoms with Crippen LogP contribution in [0, 0.1) is 0 Å². The van der Waals surface area contributed by atoms with E-state index in [-0.39, 0.29) is 12.6 Å². The number of ether oxygens (including phenoxy) is 1. The molecule has 28 heavy (non-hydrogen) atoms. The van der Waals surface area contributed by atoms with Gasteiger partial charge in [-0.2, -0.15) is 0 Å². The van der Waals surface area contributed by atoms with Gasteiger partial charge in [0.15, 0.2) is 0 Å². The highest BCUT2D eigenvalue weighted by molar-refractivity contribution is 5.63. The molecule has 148 valence electrons. The van der Waals surface area contributed by atoms with Crippen LogP contribution in [0.15, 0.2) is 36.7 Å². The molecule has 4 rings (SSSR count). The molecule has 7 nitrogen and oxygen atoms in total. The van der Waals surface area contributed by atoms with Gasteiger partial charge >= 0.3 is 0 Å². The van der Waals surface area contributed by atoms with Gasteiger partial charge in [0.2, 0.25) is 12.4 Å². The number of alkyl halides is 2. The molecule has 3 aromatic rings. The molecule has 0 amide bonds. The van der Waals surface area contributed by atoms with Gasteiger partial charge in [0.25, 0.3) is 0 Å². The number of hydrogen-bond acceptors (Lipinski definition) is 6. The molecule has 1 fully saturated rings. The van der Waals surface area contributed by atoms with Crippen molar-refractivity contribution in [3.63, 3.8) is 0 Å². The maximum absolute atomic E-state index is 12.9. The Hall–Kier alpha value is -2.65. The van der Waals surface area contributed by atoms with Crippen LogP contribution >= 0.6 is 0 Å². The Labute approximate surface area is 160 Å². The molecule has 0 radical (unpaired) electrons. The van der Waals surface area contributed by atoms with Gasteiger partial charge in [-0.05, 0) is 30.2 Å². The van der Waals surface area contributed by atoms with Gasteiger partial charge < -0.3 is 15.2 Å². The number of anilines is 1. The van der Waals surface area contributed by atoms with Crippen molar-refractivity contribution >= 4 is 11.5 Å². The minimum absolute atomic E-state index is 0.182. The zero-order valence-corrected chi connectivity index (χ0v) is 15.3. The fourth-order valence-corrected chi connectivity index (χ4v) is 3.19. The van der Waals surface area contributed by atoms with Crippen molar-refractivity contribution in [2.45, 2.75) is 37.8 Å². The first-order chi connectivity index (χ1) is 13.5. The molecular weight excluding hydrogens is 368 g/mol. The first-order valence-electron chi connectivity index (χ1n) is 9.14. The van der Waals surface area contributed by atoms with Gasteiger partial charge in [-0.1, -0.05) is 13.0 Å². The van der Waals surface area contributed by atoms with E-state index in [1.807, 2.05) is 12.1 Å². The average molecular weight is 389 g/mol. The van der Waals surface area contributed by atoms with Crippen molar-refractivity contribution in [3.05, 3.63) is 42.2 Å². The van der Waals surface area contributed by atoms with E-state index < -0.39 is 18.4 Å². The fraction of sp³-hybridized carbons (Fsp3) is 0.421. The summed E-state index contributed by atoms with van der Waals surface area (Å²) in [5, 5.41) is 17.7. The third kappa shape index (κ3) is 3.67. The van der Waals surface area contributed by atoms with Gasteiger partial charge in [0, 0.05) is 18.7 Å². The number of nitrogens with zero attached hydrogens (tertiary/aromatic N) is 4. The summed E-state index contributed by atoms with van der Waals surface area (Å²) in [5.74, 6) is -0.478. The zero-order valence-electron chi connectivity index (χ0n) is 15.3. The van der Waals surface area contributed by atoms with Gasteiger partial charge in [-0.25, -0.2) is 18.3 Å². The van der Waals surface area contributed by atoms with Crippen molar-refractivity contribution in [3.8, 4) is 11.4 Å². The monoisotopic (exact) mass is 389 g/mol. The molecule has 4 heterocycles. The summed E-state index contributed by atoms with van der Waals surface area (Å²) in [4.78, 5) is 8.64. The van der Waals surface area contributed by atoms with E-state index in [1.54, 1.807) is 22.8 Å². The predicted molar refractivity (Wildman–Crippen MR) is 99.5 cm³/mol. The van der Waals surface area contributed by atoms with Gasteiger partial charge in [0.1, 0.15) is 0 Å². The quantitative estimate of drug-likeness (QED) is 0.698. The van der Waals surface area contributed by atoms with E-state index in [4.69, 9.17) is 4.74 Å². The number of nitrogens with one attached hydrogen (secondary N) is 1.